The van der Waals surface area contributed by atoms with Gasteiger partial charge in [0, 0.05) is 38.1 Å². The number of hydrogen-bond donors (Lipinski definition) is 2. The van der Waals surface area contributed by atoms with Crippen LogP contribution in [0, 0.1) is 13.8 Å². The third kappa shape index (κ3) is 5.03. The smallest absolute Gasteiger partial charge is 0.309 e. The molecule has 160 valence electrons. The first-order valence-corrected chi connectivity index (χ1v) is 11.3. The fraction of sp³-hybridized carbons (Fsp3) is 0.381. The number of rotatable bonds is 6. The summed E-state index contributed by atoms with van der Waals surface area (Å²) in [6, 6.07) is 8.44. The van der Waals surface area contributed by atoms with E-state index in [1.807, 2.05) is 13.0 Å². The van der Waals surface area contributed by atoms with Gasteiger partial charge in [-0.3, -0.25) is 14.6 Å². The lowest BCUT2D eigenvalue weighted by molar-refractivity contribution is -0.139. The molecule has 9 heteroatoms. The van der Waals surface area contributed by atoms with Gasteiger partial charge >= 0.3 is 11.8 Å². The third-order valence-electron chi connectivity index (χ3n) is 5.16. The number of nitrogens with zero attached hydrogens (tertiary/aromatic N) is 2. The van der Waals surface area contributed by atoms with Crippen molar-refractivity contribution in [2.75, 3.05) is 13.1 Å². The fourth-order valence-electron chi connectivity index (χ4n) is 3.50. The Balaban J connectivity index is 1.60. The summed E-state index contributed by atoms with van der Waals surface area (Å²) in [4.78, 5) is 28.4. The van der Waals surface area contributed by atoms with Crippen LogP contribution in [0.25, 0.3) is 0 Å². The highest BCUT2D eigenvalue weighted by atomic mass is 32.2. The summed E-state index contributed by atoms with van der Waals surface area (Å²) in [6.45, 7) is 4.32. The van der Waals surface area contributed by atoms with E-state index in [1.54, 1.807) is 43.6 Å². The molecule has 0 saturated carbocycles. The molecule has 0 radical (unpaired) electrons. The van der Waals surface area contributed by atoms with Gasteiger partial charge in [0.25, 0.3) is 0 Å². The Morgan fingerprint density at radius 1 is 1.10 bits per heavy atom. The number of sulfonamides is 1. The first-order chi connectivity index (χ1) is 14.3. The lowest BCUT2D eigenvalue weighted by Gasteiger charge is -2.25. The van der Waals surface area contributed by atoms with Gasteiger partial charge in [0.15, 0.2) is 0 Å². The number of nitrogens with one attached hydrogen (secondary N) is 2. The Hall–Kier alpha value is -2.78. The Morgan fingerprint density at radius 2 is 1.80 bits per heavy atom. The molecule has 1 aliphatic heterocycles. The maximum atomic E-state index is 13.2. The molecule has 0 spiro atoms. The van der Waals surface area contributed by atoms with Crippen LogP contribution in [-0.2, 0) is 26.2 Å². The van der Waals surface area contributed by atoms with Crippen molar-refractivity contribution in [3.8, 4) is 0 Å². The average Bonchev–Trinajstić information content (AvgIpc) is 3.22. The molecule has 2 amide bonds. The van der Waals surface area contributed by atoms with Crippen LogP contribution < -0.4 is 10.6 Å². The SMILES string of the molecule is Cc1ccc(C)c(S(=O)(=O)N2CCC[C@H]2CNC(=O)C(=O)NCc2ccncc2)c1. The topological polar surface area (TPSA) is 108 Å². The van der Waals surface area contributed by atoms with Gasteiger partial charge in [0.05, 0.1) is 4.90 Å². The van der Waals surface area contributed by atoms with Crippen LogP contribution in [0.1, 0.15) is 29.5 Å². The van der Waals surface area contributed by atoms with Crippen LogP contribution in [0.15, 0.2) is 47.6 Å². The van der Waals surface area contributed by atoms with Crippen molar-refractivity contribution >= 4 is 21.8 Å². The third-order valence-corrected chi connectivity index (χ3v) is 7.25. The molecule has 8 nitrogen and oxygen atoms in total. The van der Waals surface area contributed by atoms with Crippen LogP contribution in [0.4, 0.5) is 0 Å². The largest absolute Gasteiger partial charge is 0.346 e. The number of pyridine rings is 1. The number of aromatic nitrogens is 1. The normalized spacial score (nSPS) is 16.9. The van der Waals surface area contributed by atoms with E-state index in [9.17, 15) is 18.0 Å². The van der Waals surface area contributed by atoms with E-state index < -0.39 is 21.8 Å². The van der Waals surface area contributed by atoms with E-state index >= 15 is 0 Å². The maximum absolute atomic E-state index is 13.2. The van der Waals surface area contributed by atoms with E-state index in [0.29, 0.717) is 24.9 Å². The summed E-state index contributed by atoms with van der Waals surface area (Å²) < 4.78 is 27.8. The van der Waals surface area contributed by atoms with Crippen LogP contribution in [0.2, 0.25) is 0 Å². The van der Waals surface area contributed by atoms with Crippen LogP contribution >= 0.6 is 0 Å². The molecular weight excluding hydrogens is 404 g/mol. The van der Waals surface area contributed by atoms with Gasteiger partial charge in [0.1, 0.15) is 0 Å². The molecular formula is C21H26N4O4S. The predicted molar refractivity (Wildman–Crippen MR) is 112 cm³/mol. The summed E-state index contributed by atoms with van der Waals surface area (Å²) in [6.07, 6.45) is 4.54. The summed E-state index contributed by atoms with van der Waals surface area (Å²) in [7, 11) is -3.68. The van der Waals surface area contributed by atoms with Gasteiger partial charge in [-0.1, -0.05) is 12.1 Å². The predicted octanol–water partition coefficient (Wildman–Crippen LogP) is 1.28. The number of carbonyl (C=O) groups excluding carboxylic acids is 2. The van der Waals surface area contributed by atoms with Gasteiger partial charge in [-0.15, -0.1) is 0 Å². The first kappa shape index (κ1) is 21.9. The van der Waals surface area contributed by atoms with E-state index in [-0.39, 0.29) is 24.0 Å². The first-order valence-electron chi connectivity index (χ1n) is 9.83. The minimum Gasteiger partial charge on any atom is -0.346 e. The van der Waals surface area contributed by atoms with Crippen molar-refractivity contribution in [3.05, 3.63) is 59.4 Å². The highest BCUT2D eigenvalue weighted by molar-refractivity contribution is 7.89. The standard InChI is InChI=1S/C21H26N4O4S/c1-15-5-6-16(2)19(12-15)30(28,29)25-11-3-4-18(25)14-24-21(27)20(26)23-13-17-7-9-22-10-8-17/h5-10,12,18H,3-4,11,13-14H2,1-2H3,(H,23,26)(H,24,27)/t18-/m0/s1. The summed E-state index contributed by atoms with van der Waals surface area (Å²) in [5.74, 6) is -1.53. The molecule has 0 bridgehead atoms. The molecule has 2 aromatic rings. The Labute approximate surface area is 176 Å². The molecule has 2 N–H and O–H groups in total. The molecule has 3 rings (SSSR count). The molecule has 1 aromatic heterocycles. The Bertz CT molecular complexity index is 1020. The zero-order chi connectivity index (χ0) is 21.7. The second-order valence-electron chi connectivity index (χ2n) is 7.43. The molecule has 1 fully saturated rings. The van der Waals surface area contributed by atoms with Crippen LogP contribution in [-0.4, -0.2) is 48.7 Å². The quantitative estimate of drug-likeness (QED) is 0.671. The number of hydrogen-bond acceptors (Lipinski definition) is 5. The van der Waals surface area contributed by atoms with Crippen LogP contribution in [0.5, 0.6) is 0 Å². The van der Waals surface area contributed by atoms with Crippen molar-refractivity contribution in [2.45, 2.75) is 44.2 Å². The number of amides is 2. The lowest BCUT2D eigenvalue weighted by atomic mass is 10.2. The van der Waals surface area contributed by atoms with E-state index in [4.69, 9.17) is 0 Å². The molecule has 0 unspecified atom stereocenters. The fourth-order valence-corrected chi connectivity index (χ4v) is 5.50. The zero-order valence-electron chi connectivity index (χ0n) is 17.1. The molecule has 30 heavy (non-hydrogen) atoms. The molecule has 1 atom stereocenters. The van der Waals surface area contributed by atoms with E-state index in [2.05, 4.69) is 15.6 Å². The van der Waals surface area contributed by atoms with Crippen molar-refractivity contribution < 1.29 is 18.0 Å². The Morgan fingerprint density at radius 3 is 2.53 bits per heavy atom. The summed E-state index contributed by atoms with van der Waals surface area (Å²) in [5.41, 5.74) is 2.38. The summed E-state index contributed by atoms with van der Waals surface area (Å²) >= 11 is 0. The summed E-state index contributed by atoms with van der Waals surface area (Å²) in [5, 5.41) is 5.12. The molecule has 2 heterocycles. The van der Waals surface area contributed by atoms with Gasteiger partial charge < -0.3 is 10.6 Å². The second kappa shape index (κ2) is 9.36. The number of benzene rings is 1. The highest BCUT2D eigenvalue weighted by Crippen LogP contribution is 2.28. The molecule has 1 aromatic carbocycles. The lowest BCUT2D eigenvalue weighted by Crippen LogP contribution is -2.46. The van der Waals surface area contributed by atoms with Crippen molar-refractivity contribution in [3.63, 3.8) is 0 Å². The Kier molecular flexibility index (Phi) is 6.84. The van der Waals surface area contributed by atoms with Crippen molar-refractivity contribution in [1.29, 1.82) is 0 Å². The van der Waals surface area contributed by atoms with E-state index in [0.717, 1.165) is 11.1 Å². The van der Waals surface area contributed by atoms with Crippen molar-refractivity contribution in [1.82, 2.24) is 19.9 Å². The van der Waals surface area contributed by atoms with E-state index in [1.165, 1.54) is 4.31 Å². The van der Waals surface area contributed by atoms with Gasteiger partial charge in [-0.2, -0.15) is 4.31 Å². The highest BCUT2D eigenvalue weighted by Gasteiger charge is 2.36. The minimum absolute atomic E-state index is 0.0889. The molecule has 1 aliphatic rings. The number of aryl methyl sites for hydroxylation is 2. The monoisotopic (exact) mass is 430 g/mol. The van der Waals surface area contributed by atoms with Gasteiger partial charge in [0.2, 0.25) is 10.0 Å². The molecule has 0 aliphatic carbocycles. The second-order valence-corrected chi connectivity index (χ2v) is 9.29. The molecule has 1 saturated heterocycles. The van der Waals surface area contributed by atoms with Crippen molar-refractivity contribution in [2.24, 2.45) is 0 Å². The van der Waals surface area contributed by atoms with Gasteiger partial charge in [-0.25, -0.2) is 8.42 Å². The minimum atomic E-state index is -3.68. The average molecular weight is 431 g/mol. The number of carbonyl (C=O) groups is 2. The maximum Gasteiger partial charge on any atom is 0.309 e. The van der Waals surface area contributed by atoms with Crippen LogP contribution in [0.3, 0.4) is 0 Å². The van der Waals surface area contributed by atoms with Gasteiger partial charge in [-0.05, 0) is 61.6 Å². The zero-order valence-corrected chi connectivity index (χ0v) is 17.9.